The lowest BCUT2D eigenvalue weighted by atomic mass is 10.1. The molecule has 0 saturated carbocycles. The minimum absolute atomic E-state index is 0.151. The third-order valence-electron chi connectivity index (χ3n) is 6.23. The summed E-state index contributed by atoms with van der Waals surface area (Å²) in [6.07, 6.45) is -4.35. The Balaban J connectivity index is 1.13. The van der Waals surface area contributed by atoms with E-state index in [4.69, 9.17) is 9.68 Å². The lowest BCUT2D eigenvalue weighted by Crippen LogP contribution is -2.48. The van der Waals surface area contributed by atoms with Crippen LogP contribution in [0.2, 0.25) is 0 Å². The topological polar surface area (TPSA) is 85.4 Å². The van der Waals surface area contributed by atoms with E-state index >= 15 is 0 Å². The first-order chi connectivity index (χ1) is 17.8. The van der Waals surface area contributed by atoms with E-state index in [0.717, 1.165) is 23.4 Å². The maximum atomic E-state index is 12.8. The van der Waals surface area contributed by atoms with Gasteiger partial charge in [-0.15, -0.1) is 0 Å². The number of alkyl halides is 3. The van der Waals surface area contributed by atoms with Gasteiger partial charge in [-0.3, -0.25) is 9.69 Å². The Morgan fingerprint density at radius 1 is 1.00 bits per heavy atom. The summed E-state index contributed by atoms with van der Waals surface area (Å²) < 4.78 is 44.1. The summed E-state index contributed by atoms with van der Waals surface area (Å²) in [5.41, 5.74) is 3.15. The predicted octanol–water partition coefficient (Wildman–Crippen LogP) is 5.15. The zero-order valence-corrected chi connectivity index (χ0v) is 19.6. The van der Waals surface area contributed by atoms with Crippen molar-refractivity contribution < 1.29 is 22.4 Å². The predicted molar refractivity (Wildman–Crippen MR) is 133 cm³/mol. The molecule has 0 atom stereocenters. The number of hydrogen-bond acceptors (Lipinski definition) is 6. The van der Waals surface area contributed by atoms with Crippen molar-refractivity contribution in [2.45, 2.75) is 6.18 Å². The molecule has 0 unspecified atom stereocenters. The number of aromatic nitrogens is 1. The molecule has 0 bridgehead atoms. The van der Waals surface area contributed by atoms with Crippen LogP contribution in [0.3, 0.4) is 0 Å². The molecule has 1 fully saturated rings. The number of oxazole rings is 1. The molecule has 188 valence electrons. The van der Waals surface area contributed by atoms with Crippen LogP contribution in [0.5, 0.6) is 0 Å². The normalized spacial score (nSPS) is 14.5. The molecule has 1 saturated heterocycles. The second kappa shape index (κ2) is 9.95. The van der Waals surface area contributed by atoms with Crippen LogP contribution in [0.4, 0.5) is 24.5 Å². The quantitative estimate of drug-likeness (QED) is 0.404. The van der Waals surface area contributed by atoms with Gasteiger partial charge in [0.25, 0.3) is 0 Å². The third kappa shape index (κ3) is 5.57. The number of halogens is 3. The number of amides is 1. The van der Waals surface area contributed by atoms with E-state index in [0.29, 0.717) is 54.4 Å². The van der Waals surface area contributed by atoms with Crippen LogP contribution < -0.4 is 10.2 Å². The van der Waals surface area contributed by atoms with Crippen molar-refractivity contribution in [3.63, 3.8) is 0 Å². The Labute approximate surface area is 210 Å². The maximum Gasteiger partial charge on any atom is 0.416 e. The largest absolute Gasteiger partial charge is 0.436 e. The standard InChI is InChI=1S/C27H22F3N5O2/c28-27(29,30)20-4-8-22(9-5-20)35-13-11-34(12-14-35)17-25(36)32-21-6-2-19(3-7-21)26-33-23-15-18(16-31)1-10-24(23)37-26/h1-10,15H,11-14,17H2,(H,32,36). The minimum Gasteiger partial charge on any atom is -0.436 e. The highest BCUT2D eigenvalue weighted by Gasteiger charge is 2.30. The van der Waals surface area contributed by atoms with Gasteiger partial charge in [-0.05, 0) is 66.7 Å². The number of anilines is 2. The molecule has 5 rings (SSSR count). The fraction of sp³-hybridized carbons (Fsp3) is 0.222. The van der Waals surface area contributed by atoms with Crippen molar-refractivity contribution in [2.24, 2.45) is 0 Å². The van der Waals surface area contributed by atoms with E-state index in [1.807, 2.05) is 9.80 Å². The molecule has 3 aromatic carbocycles. The average Bonchev–Trinajstić information content (AvgIpc) is 3.32. The molecular formula is C27H22F3N5O2. The van der Waals surface area contributed by atoms with Crippen molar-refractivity contribution in [3.05, 3.63) is 77.9 Å². The number of rotatable bonds is 5. The summed E-state index contributed by atoms with van der Waals surface area (Å²) in [6.45, 7) is 2.70. The Kier molecular flexibility index (Phi) is 6.54. The Bertz CT molecular complexity index is 1450. The zero-order chi connectivity index (χ0) is 26.0. The van der Waals surface area contributed by atoms with Crippen molar-refractivity contribution in [1.82, 2.24) is 9.88 Å². The first-order valence-corrected chi connectivity index (χ1v) is 11.6. The third-order valence-corrected chi connectivity index (χ3v) is 6.23. The van der Waals surface area contributed by atoms with Gasteiger partial charge in [-0.2, -0.15) is 18.4 Å². The second-order valence-electron chi connectivity index (χ2n) is 8.75. The van der Waals surface area contributed by atoms with Gasteiger partial charge in [-0.25, -0.2) is 4.98 Å². The summed E-state index contributed by atoms with van der Waals surface area (Å²) in [6, 6.07) is 19.4. The molecule has 2 heterocycles. The first kappa shape index (κ1) is 24.3. The monoisotopic (exact) mass is 505 g/mol. The lowest BCUT2D eigenvalue weighted by molar-refractivity contribution is -0.137. The molecule has 1 amide bonds. The van der Waals surface area contributed by atoms with Crippen LogP contribution in [0.15, 0.2) is 71.1 Å². The molecule has 1 aromatic heterocycles. The number of carbonyl (C=O) groups is 1. The number of nitrogens with one attached hydrogen (secondary N) is 1. The van der Waals surface area contributed by atoms with E-state index in [2.05, 4.69) is 16.4 Å². The maximum absolute atomic E-state index is 12.8. The highest BCUT2D eigenvalue weighted by molar-refractivity contribution is 5.92. The van der Waals surface area contributed by atoms with Crippen LogP contribution in [0.25, 0.3) is 22.6 Å². The molecule has 0 radical (unpaired) electrons. The Morgan fingerprint density at radius 2 is 1.70 bits per heavy atom. The van der Waals surface area contributed by atoms with Gasteiger partial charge in [-0.1, -0.05) is 0 Å². The zero-order valence-electron chi connectivity index (χ0n) is 19.6. The minimum atomic E-state index is -4.35. The molecule has 4 aromatic rings. The number of carbonyl (C=O) groups excluding carboxylic acids is 1. The Morgan fingerprint density at radius 3 is 2.35 bits per heavy atom. The highest BCUT2D eigenvalue weighted by Crippen LogP contribution is 2.31. The molecule has 37 heavy (non-hydrogen) atoms. The van der Waals surface area contributed by atoms with E-state index in [1.54, 1.807) is 42.5 Å². The van der Waals surface area contributed by atoms with Crippen molar-refractivity contribution in [3.8, 4) is 17.5 Å². The summed E-state index contributed by atoms with van der Waals surface area (Å²) in [5.74, 6) is 0.274. The fourth-order valence-corrected chi connectivity index (χ4v) is 4.25. The summed E-state index contributed by atoms with van der Waals surface area (Å²) in [5, 5.41) is 11.9. The van der Waals surface area contributed by atoms with E-state index in [9.17, 15) is 18.0 Å². The molecule has 1 N–H and O–H groups in total. The number of nitriles is 1. The van der Waals surface area contributed by atoms with Crippen LogP contribution in [0.1, 0.15) is 11.1 Å². The van der Waals surface area contributed by atoms with Gasteiger partial charge < -0.3 is 14.6 Å². The van der Waals surface area contributed by atoms with Gasteiger partial charge in [0, 0.05) is 43.1 Å². The van der Waals surface area contributed by atoms with Gasteiger partial charge in [0.05, 0.1) is 23.7 Å². The fourth-order valence-electron chi connectivity index (χ4n) is 4.25. The molecule has 0 aliphatic carbocycles. The Hall–Kier alpha value is -4.36. The van der Waals surface area contributed by atoms with Gasteiger partial charge in [0.2, 0.25) is 11.8 Å². The van der Waals surface area contributed by atoms with Crippen LogP contribution in [0, 0.1) is 11.3 Å². The van der Waals surface area contributed by atoms with Crippen molar-refractivity contribution in [1.29, 1.82) is 5.26 Å². The summed E-state index contributed by atoms with van der Waals surface area (Å²) in [4.78, 5) is 21.0. The van der Waals surface area contributed by atoms with Gasteiger partial charge in [0.1, 0.15) is 5.52 Å². The second-order valence-corrected chi connectivity index (χ2v) is 8.75. The van der Waals surface area contributed by atoms with E-state index < -0.39 is 11.7 Å². The number of hydrogen-bond donors (Lipinski definition) is 1. The highest BCUT2D eigenvalue weighted by atomic mass is 19.4. The summed E-state index contributed by atoms with van der Waals surface area (Å²) in [7, 11) is 0. The van der Waals surface area contributed by atoms with Gasteiger partial charge in [0.15, 0.2) is 5.58 Å². The number of piperazine rings is 1. The number of nitrogens with zero attached hydrogens (tertiary/aromatic N) is 4. The van der Waals surface area contributed by atoms with Crippen LogP contribution in [-0.4, -0.2) is 48.5 Å². The lowest BCUT2D eigenvalue weighted by Gasteiger charge is -2.35. The number of benzene rings is 3. The molecule has 0 spiro atoms. The SMILES string of the molecule is N#Cc1ccc2oc(-c3ccc(NC(=O)CN4CCN(c5ccc(C(F)(F)F)cc5)CC4)cc3)nc2c1. The molecule has 7 nitrogen and oxygen atoms in total. The molecular weight excluding hydrogens is 483 g/mol. The van der Waals surface area contributed by atoms with E-state index in [-0.39, 0.29) is 12.5 Å². The summed E-state index contributed by atoms with van der Waals surface area (Å²) >= 11 is 0. The number of fused-ring (bicyclic) bond motifs is 1. The van der Waals surface area contributed by atoms with E-state index in [1.165, 1.54) is 12.1 Å². The first-order valence-electron chi connectivity index (χ1n) is 11.6. The van der Waals surface area contributed by atoms with Crippen LogP contribution in [-0.2, 0) is 11.0 Å². The van der Waals surface area contributed by atoms with Crippen molar-refractivity contribution in [2.75, 3.05) is 42.9 Å². The van der Waals surface area contributed by atoms with Gasteiger partial charge >= 0.3 is 6.18 Å². The average molecular weight is 506 g/mol. The molecule has 1 aliphatic heterocycles. The molecule has 1 aliphatic rings. The molecule has 10 heteroatoms. The van der Waals surface area contributed by atoms with Crippen LogP contribution >= 0.6 is 0 Å². The smallest absolute Gasteiger partial charge is 0.416 e. The van der Waals surface area contributed by atoms with Crippen molar-refractivity contribution >= 4 is 28.4 Å².